The van der Waals surface area contributed by atoms with E-state index in [4.69, 9.17) is 5.73 Å². The van der Waals surface area contributed by atoms with Crippen LogP contribution in [0, 0.1) is 0 Å². The van der Waals surface area contributed by atoms with Gasteiger partial charge in [0.2, 0.25) is 0 Å². The highest BCUT2D eigenvalue weighted by Crippen LogP contribution is 1.92. The van der Waals surface area contributed by atoms with Crippen molar-refractivity contribution in [1.82, 2.24) is 10.3 Å². The summed E-state index contributed by atoms with van der Waals surface area (Å²) < 4.78 is 0. The van der Waals surface area contributed by atoms with Crippen LogP contribution < -0.4 is 11.1 Å². The van der Waals surface area contributed by atoms with Crippen LogP contribution in [0.2, 0.25) is 0 Å². The maximum absolute atomic E-state index is 5.37. The standard InChI is InChI=1S/C9H17N3/c10-5-1-2-6-11-8-9-4-3-7-12-9/h3-4,7,11-12H,1-2,5-6,8,10H2. The van der Waals surface area contributed by atoms with Crippen molar-refractivity contribution < 1.29 is 0 Å². The third-order valence-electron chi connectivity index (χ3n) is 1.79. The molecule has 0 spiro atoms. The Kier molecular flexibility index (Phi) is 4.49. The van der Waals surface area contributed by atoms with Gasteiger partial charge in [-0.15, -0.1) is 0 Å². The third-order valence-corrected chi connectivity index (χ3v) is 1.79. The minimum absolute atomic E-state index is 0.796. The van der Waals surface area contributed by atoms with Gasteiger partial charge in [0.15, 0.2) is 0 Å². The molecule has 12 heavy (non-hydrogen) atoms. The van der Waals surface area contributed by atoms with E-state index in [9.17, 15) is 0 Å². The Morgan fingerprint density at radius 1 is 1.42 bits per heavy atom. The molecule has 0 amide bonds. The minimum Gasteiger partial charge on any atom is -0.364 e. The number of rotatable bonds is 6. The second-order valence-corrected chi connectivity index (χ2v) is 2.87. The smallest absolute Gasteiger partial charge is 0.0357 e. The number of aromatic amines is 1. The van der Waals surface area contributed by atoms with Crippen molar-refractivity contribution in [3.63, 3.8) is 0 Å². The van der Waals surface area contributed by atoms with E-state index in [0.717, 1.165) is 32.5 Å². The molecule has 0 aromatic carbocycles. The normalized spacial score (nSPS) is 10.4. The molecule has 0 radical (unpaired) electrons. The van der Waals surface area contributed by atoms with Crippen molar-refractivity contribution in [2.24, 2.45) is 5.73 Å². The van der Waals surface area contributed by atoms with Gasteiger partial charge in [-0.2, -0.15) is 0 Å². The monoisotopic (exact) mass is 167 g/mol. The van der Waals surface area contributed by atoms with Gasteiger partial charge in [-0.3, -0.25) is 0 Å². The van der Waals surface area contributed by atoms with Crippen molar-refractivity contribution in [1.29, 1.82) is 0 Å². The van der Waals surface area contributed by atoms with Gasteiger partial charge in [0, 0.05) is 18.4 Å². The summed E-state index contributed by atoms with van der Waals surface area (Å²) in [5, 5.41) is 3.34. The summed E-state index contributed by atoms with van der Waals surface area (Å²) in [6.45, 7) is 2.78. The molecule has 3 heteroatoms. The SMILES string of the molecule is NCCCCNCc1ccc[nH]1. The van der Waals surface area contributed by atoms with Crippen molar-refractivity contribution >= 4 is 0 Å². The van der Waals surface area contributed by atoms with E-state index in [1.165, 1.54) is 5.69 Å². The molecule has 0 aliphatic heterocycles. The van der Waals surface area contributed by atoms with Crippen LogP contribution in [-0.2, 0) is 6.54 Å². The number of hydrogen-bond acceptors (Lipinski definition) is 2. The summed E-state index contributed by atoms with van der Waals surface area (Å²) >= 11 is 0. The Bertz CT molecular complexity index is 182. The first-order valence-corrected chi connectivity index (χ1v) is 4.46. The fourth-order valence-electron chi connectivity index (χ4n) is 1.09. The van der Waals surface area contributed by atoms with Crippen LogP contribution in [0.4, 0.5) is 0 Å². The molecule has 68 valence electrons. The molecule has 0 atom stereocenters. The van der Waals surface area contributed by atoms with Gasteiger partial charge in [0.25, 0.3) is 0 Å². The van der Waals surface area contributed by atoms with Crippen molar-refractivity contribution in [2.75, 3.05) is 13.1 Å². The number of nitrogens with two attached hydrogens (primary N) is 1. The molecule has 1 aromatic heterocycles. The van der Waals surface area contributed by atoms with E-state index in [-0.39, 0.29) is 0 Å². The summed E-state index contributed by atoms with van der Waals surface area (Å²) in [6.07, 6.45) is 4.21. The molecule has 0 saturated carbocycles. The molecule has 0 bridgehead atoms. The third kappa shape index (κ3) is 3.55. The lowest BCUT2D eigenvalue weighted by molar-refractivity contribution is 0.622. The van der Waals surface area contributed by atoms with Crippen molar-refractivity contribution in [3.8, 4) is 0 Å². The Morgan fingerprint density at radius 2 is 2.33 bits per heavy atom. The molecule has 4 N–H and O–H groups in total. The number of hydrogen-bond donors (Lipinski definition) is 3. The Hall–Kier alpha value is -0.800. The maximum Gasteiger partial charge on any atom is 0.0357 e. The van der Waals surface area contributed by atoms with Crippen LogP contribution >= 0.6 is 0 Å². The van der Waals surface area contributed by atoms with E-state index in [2.05, 4.69) is 16.4 Å². The molecule has 0 unspecified atom stereocenters. The Labute approximate surface area is 73.4 Å². The highest BCUT2D eigenvalue weighted by atomic mass is 14.9. The van der Waals surface area contributed by atoms with Gasteiger partial charge in [-0.1, -0.05) is 0 Å². The van der Waals surface area contributed by atoms with Crippen molar-refractivity contribution in [3.05, 3.63) is 24.0 Å². The fraction of sp³-hybridized carbons (Fsp3) is 0.556. The predicted molar refractivity (Wildman–Crippen MR) is 50.8 cm³/mol. The Balaban J connectivity index is 1.96. The van der Waals surface area contributed by atoms with Gasteiger partial charge >= 0.3 is 0 Å². The average Bonchev–Trinajstić information content (AvgIpc) is 2.57. The van der Waals surface area contributed by atoms with Crippen LogP contribution in [0.1, 0.15) is 18.5 Å². The molecule has 0 fully saturated rings. The maximum atomic E-state index is 5.37. The molecule has 1 rings (SSSR count). The molecule has 0 aliphatic carbocycles. The quantitative estimate of drug-likeness (QED) is 0.550. The first-order valence-electron chi connectivity index (χ1n) is 4.46. The van der Waals surface area contributed by atoms with Crippen LogP contribution in [-0.4, -0.2) is 18.1 Å². The van der Waals surface area contributed by atoms with Gasteiger partial charge in [-0.25, -0.2) is 0 Å². The highest BCUT2D eigenvalue weighted by Gasteiger charge is 1.90. The summed E-state index contributed by atoms with van der Waals surface area (Å²) in [7, 11) is 0. The van der Waals surface area contributed by atoms with Gasteiger partial charge in [-0.05, 0) is 38.1 Å². The number of aromatic nitrogens is 1. The molecule has 1 aromatic rings. The largest absolute Gasteiger partial charge is 0.364 e. The van der Waals surface area contributed by atoms with Crippen LogP contribution in [0.15, 0.2) is 18.3 Å². The van der Waals surface area contributed by atoms with Gasteiger partial charge in [0.1, 0.15) is 0 Å². The topological polar surface area (TPSA) is 53.8 Å². The lowest BCUT2D eigenvalue weighted by Crippen LogP contribution is -2.15. The predicted octanol–water partition coefficient (Wildman–Crippen LogP) is 0.843. The summed E-state index contributed by atoms with van der Waals surface area (Å²) in [6, 6.07) is 4.09. The summed E-state index contributed by atoms with van der Waals surface area (Å²) in [5.41, 5.74) is 6.61. The molecule has 0 saturated heterocycles. The second-order valence-electron chi connectivity index (χ2n) is 2.87. The summed E-state index contributed by atoms with van der Waals surface area (Å²) in [5.74, 6) is 0. The second kappa shape index (κ2) is 5.80. The first-order chi connectivity index (χ1) is 5.93. The first kappa shape index (κ1) is 9.29. The van der Waals surface area contributed by atoms with Crippen molar-refractivity contribution in [2.45, 2.75) is 19.4 Å². The number of unbranched alkanes of at least 4 members (excludes halogenated alkanes) is 1. The number of nitrogens with one attached hydrogen (secondary N) is 2. The lowest BCUT2D eigenvalue weighted by atomic mass is 10.3. The zero-order chi connectivity index (χ0) is 8.65. The minimum atomic E-state index is 0.796. The highest BCUT2D eigenvalue weighted by molar-refractivity contribution is 5.02. The lowest BCUT2D eigenvalue weighted by Gasteiger charge is -2.01. The van der Waals surface area contributed by atoms with Crippen LogP contribution in [0.3, 0.4) is 0 Å². The molecular formula is C9H17N3. The van der Waals surface area contributed by atoms with Crippen LogP contribution in [0.5, 0.6) is 0 Å². The Morgan fingerprint density at radius 3 is 3.00 bits per heavy atom. The average molecular weight is 167 g/mol. The molecule has 1 heterocycles. The van der Waals surface area contributed by atoms with E-state index in [1.54, 1.807) is 0 Å². The van der Waals surface area contributed by atoms with E-state index >= 15 is 0 Å². The van der Waals surface area contributed by atoms with Crippen LogP contribution in [0.25, 0.3) is 0 Å². The zero-order valence-corrected chi connectivity index (χ0v) is 7.34. The van der Waals surface area contributed by atoms with Gasteiger partial charge < -0.3 is 16.0 Å². The van der Waals surface area contributed by atoms with E-state index in [0.29, 0.717) is 0 Å². The van der Waals surface area contributed by atoms with E-state index in [1.807, 2.05) is 12.3 Å². The zero-order valence-electron chi connectivity index (χ0n) is 7.34. The molecule has 3 nitrogen and oxygen atoms in total. The van der Waals surface area contributed by atoms with Gasteiger partial charge in [0.05, 0.1) is 0 Å². The van der Waals surface area contributed by atoms with E-state index < -0.39 is 0 Å². The fourth-order valence-corrected chi connectivity index (χ4v) is 1.09. The number of H-pyrrole nitrogens is 1. The molecular weight excluding hydrogens is 150 g/mol. The molecule has 0 aliphatic rings. The summed E-state index contributed by atoms with van der Waals surface area (Å²) in [4.78, 5) is 3.14.